The summed E-state index contributed by atoms with van der Waals surface area (Å²) in [6, 6.07) is 0.455. The van der Waals surface area contributed by atoms with Crippen LogP contribution < -0.4 is 16.4 Å². The van der Waals surface area contributed by atoms with Gasteiger partial charge >= 0.3 is 0 Å². The van der Waals surface area contributed by atoms with Crippen molar-refractivity contribution in [2.24, 2.45) is 5.73 Å². The van der Waals surface area contributed by atoms with Gasteiger partial charge in [-0.15, -0.1) is 0 Å². The van der Waals surface area contributed by atoms with Crippen LogP contribution in [-0.4, -0.2) is 30.4 Å². The number of rotatable bonds is 7. The van der Waals surface area contributed by atoms with E-state index in [9.17, 15) is 9.59 Å². The van der Waals surface area contributed by atoms with Crippen molar-refractivity contribution in [3.8, 4) is 0 Å². The Labute approximate surface area is 89.8 Å². The van der Waals surface area contributed by atoms with Gasteiger partial charge in [0.25, 0.3) is 0 Å². The van der Waals surface area contributed by atoms with Gasteiger partial charge in [-0.3, -0.25) is 9.59 Å². The van der Waals surface area contributed by atoms with Crippen LogP contribution >= 0.6 is 0 Å². The van der Waals surface area contributed by atoms with Crippen LogP contribution in [0.25, 0.3) is 0 Å². The van der Waals surface area contributed by atoms with Crippen molar-refractivity contribution in [3.63, 3.8) is 0 Å². The zero-order chi connectivity index (χ0) is 11.3. The molecule has 86 valence electrons. The number of nitrogens with two attached hydrogens (primary N) is 1. The van der Waals surface area contributed by atoms with Gasteiger partial charge in [-0.05, 0) is 19.8 Å². The van der Waals surface area contributed by atoms with E-state index in [1.165, 1.54) is 0 Å². The molecule has 0 aromatic heterocycles. The molecule has 0 bridgehead atoms. The molecule has 0 heterocycles. The topological polar surface area (TPSA) is 84.2 Å². The van der Waals surface area contributed by atoms with E-state index in [1.54, 1.807) is 0 Å². The van der Waals surface area contributed by atoms with Gasteiger partial charge in [-0.1, -0.05) is 0 Å². The van der Waals surface area contributed by atoms with Gasteiger partial charge in [-0.2, -0.15) is 0 Å². The van der Waals surface area contributed by atoms with Crippen LogP contribution in [0.3, 0.4) is 0 Å². The molecule has 1 fully saturated rings. The number of amides is 2. The highest BCUT2D eigenvalue weighted by atomic mass is 16.2. The molecular formula is C10H19N3O2. The van der Waals surface area contributed by atoms with E-state index in [2.05, 4.69) is 10.6 Å². The third kappa shape index (κ3) is 6.06. The van der Waals surface area contributed by atoms with Gasteiger partial charge in [0, 0.05) is 31.5 Å². The molecule has 1 atom stereocenters. The van der Waals surface area contributed by atoms with Crippen molar-refractivity contribution in [3.05, 3.63) is 0 Å². The molecule has 5 heteroatoms. The van der Waals surface area contributed by atoms with Crippen LogP contribution in [0.4, 0.5) is 0 Å². The summed E-state index contributed by atoms with van der Waals surface area (Å²) < 4.78 is 0. The number of primary amides is 1. The fourth-order valence-electron chi connectivity index (χ4n) is 1.33. The molecule has 1 saturated carbocycles. The van der Waals surface area contributed by atoms with Crippen molar-refractivity contribution < 1.29 is 9.59 Å². The average molecular weight is 213 g/mol. The lowest BCUT2D eigenvalue weighted by molar-refractivity contribution is -0.121. The Morgan fingerprint density at radius 3 is 2.67 bits per heavy atom. The lowest BCUT2D eigenvalue weighted by atomic mass is 10.2. The van der Waals surface area contributed by atoms with Crippen LogP contribution in [-0.2, 0) is 9.59 Å². The lowest BCUT2D eigenvalue weighted by Crippen LogP contribution is -2.34. The lowest BCUT2D eigenvalue weighted by Gasteiger charge is -2.11. The van der Waals surface area contributed by atoms with E-state index < -0.39 is 0 Å². The van der Waals surface area contributed by atoms with Crippen molar-refractivity contribution in [2.75, 3.05) is 6.54 Å². The molecule has 0 spiro atoms. The second-order valence-corrected chi connectivity index (χ2v) is 4.12. The molecule has 4 N–H and O–H groups in total. The zero-order valence-corrected chi connectivity index (χ0v) is 9.08. The summed E-state index contributed by atoms with van der Waals surface area (Å²) in [5.74, 6) is -0.242. The molecule has 0 saturated heterocycles. The standard InChI is InChI=1S/C10H19N3O2/c1-7(6-9(11)14)12-5-4-10(15)13-8-2-3-8/h7-8,12H,2-6H2,1H3,(H2,11,14)(H,13,15). The number of hydrogen-bond donors (Lipinski definition) is 3. The van der Waals surface area contributed by atoms with Gasteiger partial charge in [0.15, 0.2) is 0 Å². The Balaban J connectivity index is 1.99. The highest BCUT2D eigenvalue weighted by Gasteiger charge is 2.22. The molecule has 0 aliphatic heterocycles. The van der Waals surface area contributed by atoms with Crippen molar-refractivity contribution in [1.29, 1.82) is 0 Å². The minimum absolute atomic E-state index is 0.0382. The molecule has 1 rings (SSSR count). The fraction of sp³-hybridized carbons (Fsp3) is 0.800. The van der Waals surface area contributed by atoms with Crippen LogP contribution in [0.2, 0.25) is 0 Å². The van der Waals surface area contributed by atoms with Gasteiger partial charge in [0.2, 0.25) is 11.8 Å². The molecule has 0 aromatic carbocycles. The normalized spacial score (nSPS) is 17.1. The first-order valence-corrected chi connectivity index (χ1v) is 5.39. The molecule has 1 unspecified atom stereocenters. The third-order valence-corrected chi connectivity index (χ3v) is 2.29. The minimum atomic E-state index is -0.322. The maximum atomic E-state index is 11.3. The van der Waals surface area contributed by atoms with E-state index in [1.807, 2.05) is 6.92 Å². The Morgan fingerprint density at radius 2 is 2.13 bits per heavy atom. The van der Waals surface area contributed by atoms with E-state index in [0.29, 0.717) is 25.4 Å². The van der Waals surface area contributed by atoms with E-state index >= 15 is 0 Å². The van der Waals surface area contributed by atoms with E-state index in [4.69, 9.17) is 5.73 Å². The summed E-state index contributed by atoms with van der Waals surface area (Å²) in [4.78, 5) is 21.8. The van der Waals surface area contributed by atoms with Gasteiger partial charge in [0.05, 0.1) is 0 Å². The SMILES string of the molecule is CC(CC(N)=O)NCCC(=O)NC1CC1. The molecule has 15 heavy (non-hydrogen) atoms. The van der Waals surface area contributed by atoms with Gasteiger partial charge in [0.1, 0.15) is 0 Å². The second-order valence-electron chi connectivity index (χ2n) is 4.12. The zero-order valence-electron chi connectivity index (χ0n) is 9.08. The first kappa shape index (κ1) is 12.0. The average Bonchev–Trinajstić information content (AvgIpc) is 2.86. The maximum Gasteiger partial charge on any atom is 0.221 e. The van der Waals surface area contributed by atoms with Gasteiger partial charge in [-0.25, -0.2) is 0 Å². The van der Waals surface area contributed by atoms with Crippen molar-refractivity contribution >= 4 is 11.8 Å². The number of nitrogens with one attached hydrogen (secondary N) is 2. The highest BCUT2D eigenvalue weighted by molar-refractivity contribution is 5.76. The number of carbonyl (C=O) groups is 2. The number of carbonyl (C=O) groups excluding carboxylic acids is 2. The van der Waals surface area contributed by atoms with E-state index in [0.717, 1.165) is 12.8 Å². The first-order valence-electron chi connectivity index (χ1n) is 5.39. The van der Waals surface area contributed by atoms with Crippen molar-refractivity contribution in [2.45, 2.75) is 44.7 Å². The van der Waals surface area contributed by atoms with Crippen LogP contribution in [0.5, 0.6) is 0 Å². The smallest absolute Gasteiger partial charge is 0.221 e. The summed E-state index contributed by atoms with van der Waals surface area (Å²) in [5.41, 5.74) is 5.04. The van der Waals surface area contributed by atoms with E-state index in [-0.39, 0.29) is 17.9 Å². The summed E-state index contributed by atoms with van der Waals surface area (Å²) in [5, 5.41) is 5.97. The Kier molecular flexibility index (Phi) is 4.55. The second kappa shape index (κ2) is 5.70. The Hall–Kier alpha value is -1.10. The summed E-state index contributed by atoms with van der Waals surface area (Å²) in [7, 11) is 0. The molecule has 2 amide bonds. The first-order chi connectivity index (χ1) is 7.08. The molecule has 1 aliphatic carbocycles. The highest BCUT2D eigenvalue weighted by Crippen LogP contribution is 2.18. The maximum absolute atomic E-state index is 11.3. The monoisotopic (exact) mass is 213 g/mol. The molecular weight excluding hydrogens is 194 g/mol. The third-order valence-electron chi connectivity index (χ3n) is 2.29. The quantitative estimate of drug-likeness (QED) is 0.533. The summed E-state index contributed by atoms with van der Waals surface area (Å²) in [6.45, 7) is 2.47. The van der Waals surface area contributed by atoms with Crippen molar-refractivity contribution in [1.82, 2.24) is 10.6 Å². The largest absolute Gasteiger partial charge is 0.370 e. The number of hydrogen-bond acceptors (Lipinski definition) is 3. The fourth-order valence-corrected chi connectivity index (χ4v) is 1.33. The predicted octanol–water partition coefficient (Wildman–Crippen LogP) is -0.491. The summed E-state index contributed by atoms with van der Waals surface area (Å²) in [6.07, 6.45) is 2.98. The Bertz CT molecular complexity index is 239. The molecule has 5 nitrogen and oxygen atoms in total. The van der Waals surface area contributed by atoms with Crippen LogP contribution in [0.15, 0.2) is 0 Å². The predicted molar refractivity (Wildman–Crippen MR) is 57.1 cm³/mol. The molecule has 1 aliphatic rings. The van der Waals surface area contributed by atoms with Crippen LogP contribution in [0.1, 0.15) is 32.6 Å². The minimum Gasteiger partial charge on any atom is -0.370 e. The molecule has 0 aromatic rings. The van der Waals surface area contributed by atoms with Crippen LogP contribution in [0, 0.1) is 0 Å². The molecule has 0 radical (unpaired) electrons. The van der Waals surface area contributed by atoms with Gasteiger partial charge < -0.3 is 16.4 Å². The summed E-state index contributed by atoms with van der Waals surface area (Å²) >= 11 is 0. The Morgan fingerprint density at radius 1 is 1.47 bits per heavy atom.